The zero-order valence-corrected chi connectivity index (χ0v) is 15.5. The van der Waals surface area contributed by atoms with E-state index in [2.05, 4.69) is 37.9 Å². The molecule has 1 aliphatic rings. The Hall–Kier alpha value is -2.30. The zero-order chi connectivity index (χ0) is 17.9. The fraction of sp³-hybridized carbons (Fsp3) is 0.389. The van der Waals surface area contributed by atoms with Gasteiger partial charge in [-0.2, -0.15) is 10.4 Å². The molecular formula is C18H22N6S. The Balaban J connectivity index is 0.000000880. The van der Waals surface area contributed by atoms with Crippen molar-refractivity contribution >= 4 is 23.0 Å². The highest BCUT2D eigenvalue weighted by atomic mass is 32.2. The molecule has 0 spiro atoms. The van der Waals surface area contributed by atoms with Crippen molar-refractivity contribution in [3.8, 4) is 17.2 Å². The van der Waals surface area contributed by atoms with Gasteiger partial charge in [0.2, 0.25) is 0 Å². The molecule has 1 aliphatic heterocycles. The second-order valence-corrected chi connectivity index (χ2v) is 6.69. The molecule has 3 aromatic heterocycles. The largest absolute Gasteiger partial charge is 0.346 e. The summed E-state index contributed by atoms with van der Waals surface area (Å²) in [6.07, 6.45) is 10.2. The highest BCUT2D eigenvalue weighted by Crippen LogP contribution is 2.37. The van der Waals surface area contributed by atoms with Gasteiger partial charge in [0.05, 0.1) is 18.7 Å². The first-order valence-electron chi connectivity index (χ1n) is 8.39. The molecule has 1 N–H and O–H groups in total. The van der Waals surface area contributed by atoms with Crippen LogP contribution in [0.15, 0.2) is 36.9 Å². The molecule has 4 rings (SSSR count). The normalized spacial score (nSPS) is 15.9. The number of aromatic nitrogens is 4. The van der Waals surface area contributed by atoms with E-state index in [0.29, 0.717) is 6.42 Å². The average Bonchev–Trinajstić information content (AvgIpc) is 3.28. The quantitative estimate of drug-likeness (QED) is 0.724. The smallest absolute Gasteiger partial charge is 0.137 e. The van der Waals surface area contributed by atoms with E-state index in [-0.39, 0.29) is 5.54 Å². The topological polar surface area (TPSA) is 73.5 Å². The Morgan fingerprint density at radius 3 is 2.88 bits per heavy atom. The summed E-state index contributed by atoms with van der Waals surface area (Å²) in [4.78, 5) is 7.46. The Labute approximate surface area is 152 Å². The summed E-state index contributed by atoms with van der Waals surface area (Å²) >= 11 is 1.71. The highest BCUT2D eigenvalue weighted by Gasteiger charge is 2.45. The van der Waals surface area contributed by atoms with Gasteiger partial charge in [-0.05, 0) is 24.0 Å². The Morgan fingerprint density at radius 1 is 1.36 bits per heavy atom. The molecule has 7 heteroatoms. The summed E-state index contributed by atoms with van der Waals surface area (Å²) in [5, 5.41) is 14.8. The molecule has 0 bridgehead atoms. The number of hydrogen-bond donors (Lipinski definition) is 1. The molecule has 6 nitrogen and oxygen atoms in total. The predicted molar refractivity (Wildman–Crippen MR) is 102 cm³/mol. The summed E-state index contributed by atoms with van der Waals surface area (Å²) in [6, 6.07) is 6.35. The van der Waals surface area contributed by atoms with Crippen LogP contribution in [0.5, 0.6) is 0 Å². The summed E-state index contributed by atoms with van der Waals surface area (Å²) in [5.74, 6) is 0. The first kappa shape index (κ1) is 17.5. The summed E-state index contributed by atoms with van der Waals surface area (Å²) < 4.78 is 4.21. The van der Waals surface area contributed by atoms with Crippen LogP contribution in [0.3, 0.4) is 0 Å². The van der Waals surface area contributed by atoms with Crippen molar-refractivity contribution in [2.75, 3.05) is 19.3 Å². The van der Waals surface area contributed by atoms with Crippen LogP contribution in [0, 0.1) is 11.3 Å². The van der Waals surface area contributed by atoms with Gasteiger partial charge in [-0.25, -0.2) is 9.29 Å². The number of rotatable bonds is 4. The Bertz CT molecular complexity index is 884. The van der Waals surface area contributed by atoms with Gasteiger partial charge in [-0.3, -0.25) is 4.68 Å². The third-order valence-electron chi connectivity index (χ3n) is 4.45. The van der Waals surface area contributed by atoms with Gasteiger partial charge in [0.15, 0.2) is 0 Å². The maximum Gasteiger partial charge on any atom is 0.137 e. The Morgan fingerprint density at radius 2 is 2.16 bits per heavy atom. The van der Waals surface area contributed by atoms with Crippen LogP contribution in [0.1, 0.15) is 20.3 Å². The minimum atomic E-state index is -0.208. The van der Waals surface area contributed by atoms with Crippen molar-refractivity contribution < 1.29 is 0 Å². The van der Waals surface area contributed by atoms with Crippen molar-refractivity contribution in [2.45, 2.75) is 25.8 Å². The molecule has 1 saturated heterocycles. The van der Waals surface area contributed by atoms with Gasteiger partial charge in [-0.15, -0.1) is 0 Å². The van der Waals surface area contributed by atoms with Crippen molar-refractivity contribution in [2.24, 2.45) is 0 Å². The third-order valence-corrected chi connectivity index (χ3v) is 5.22. The third kappa shape index (κ3) is 3.03. The number of aromatic amines is 1. The van der Waals surface area contributed by atoms with Crippen molar-refractivity contribution in [3.05, 3.63) is 36.9 Å². The predicted octanol–water partition coefficient (Wildman–Crippen LogP) is 3.66. The van der Waals surface area contributed by atoms with E-state index < -0.39 is 0 Å². The standard InChI is InChI=1S/C16H16N6S.C2H6/c1-23-21-10-16(11-21,4-5-17)22-9-12(8-20-22)13-2-6-18-15-14(13)3-7-19-15;1-2/h2-3,6-9H,4,10-11H2,1H3,(H,18,19);1-2H3. The van der Waals surface area contributed by atoms with Gasteiger partial charge in [0, 0.05) is 42.6 Å². The Kier molecular flexibility index (Phi) is 5.11. The molecule has 0 aromatic carbocycles. The molecule has 25 heavy (non-hydrogen) atoms. The molecule has 0 atom stereocenters. The van der Waals surface area contributed by atoms with E-state index in [1.807, 2.05) is 43.1 Å². The zero-order valence-electron chi connectivity index (χ0n) is 14.7. The van der Waals surface area contributed by atoms with Crippen molar-refractivity contribution in [1.82, 2.24) is 24.1 Å². The number of hydrogen-bond acceptors (Lipinski definition) is 5. The van der Waals surface area contributed by atoms with Crippen molar-refractivity contribution in [1.29, 1.82) is 5.26 Å². The summed E-state index contributed by atoms with van der Waals surface area (Å²) in [7, 11) is 0. The second kappa shape index (κ2) is 7.30. The van der Waals surface area contributed by atoms with Gasteiger partial charge in [-0.1, -0.05) is 25.8 Å². The van der Waals surface area contributed by atoms with Gasteiger partial charge in [0.1, 0.15) is 11.2 Å². The molecule has 0 radical (unpaired) electrons. The minimum Gasteiger partial charge on any atom is -0.346 e. The second-order valence-electron chi connectivity index (χ2n) is 5.81. The van der Waals surface area contributed by atoms with Crippen LogP contribution < -0.4 is 0 Å². The molecule has 0 aliphatic carbocycles. The molecule has 130 valence electrons. The molecule has 0 saturated carbocycles. The van der Waals surface area contributed by atoms with E-state index in [9.17, 15) is 5.26 Å². The van der Waals surface area contributed by atoms with Crippen LogP contribution in [-0.2, 0) is 5.54 Å². The first-order valence-corrected chi connectivity index (χ1v) is 9.57. The lowest BCUT2D eigenvalue weighted by Crippen LogP contribution is -2.59. The van der Waals surface area contributed by atoms with E-state index in [0.717, 1.165) is 35.2 Å². The molecule has 0 amide bonds. The summed E-state index contributed by atoms with van der Waals surface area (Å²) in [5.41, 5.74) is 2.83. The lowest BCUT2D eigenvalue weighted by atomic mass is 9.89. The van der Waals surface area contributed by atoms with Crippen LogP contribution in [0.25, 0.3) is 22.2 Å². The number of nitrogens with one attached hydrogen (secondary N) is 1. The molecule has 3 aromatic rings. The van der Waals surface area contributed by atoms with Gasteiger partial charge >= 0.3 is 0 Å². The lowest BCUT2D eigenvalue weighted by molar-refractivity contribution is 0.0815. The van der Waals surface area contributed by atoms with E-state index in [1.165, 1.54) is 0 Å². The van der Waals surface area contributed by atoms with E-state index in [4.69, 9.17) is 0 Å². The maximum absolute atomic E-state index is 9.20. The minimum absolute atomic E-state index is 0.208. The molecular weight excluding hydrogens is 332 g/mol. The van der Waals surface area contributed by atoms with Crippen LogP contribution in [0.2, 0.25) is 0 Å². The van der Waals surface area contributed by atoms with E-state index >= 15 is 0 Å². The number of pyridine rings is 1. The van der Waals surface area contributed by atoms with Crippen LogP contribution in [-0.4, -0.2) is 43.4 Å². The van der Waals surface area contributed by atoms with Gasteiger partial charge in [0.25, 0.3) is 0 Å². The maximum atomic E-state index is 9.20. The van der Waals surface area contributed by atoms with Crippen molar-refractivity contribution in [3.63, 3.8) is 0 Å². The lowest BCUT2D eigenvalue weighted by Gasteiger charge is -2.47. The van der Waals surface area contributed by atoms with Gasteiger partial charge < -0.3 is 4.98 Å². The molecule has 0 unspecified atom stereocenters. The SMILES string of the molecule is CC.CSN1CC(CC#N)(n2cc(-c3ccnc4[nH]ccc34)cn2)C1. The molecule has 1 fully saturated rings. The molecule has 4 heterocycles. The number of fused-ring (bicyclic) bond motifs is 1. The fourth-order valence-corrected chi connectivity index (χ4v) is 3.90. The fourth-order valence-electron chi connectivity index (χ4n) is 3.16. The van der Waals surface area contributed by atoms with Crippen LogP contribution >= 0.6 is 11.9 Å². The summed E-state index contributed by atoms with van der Waals surface area (Å²) in [6.45, 7) is 5.69. The number of nitriles is 1. The highest BCUT2D eigenvalue weighted by molar-refractivity contribution is 7.96. The average molecular weight is 354 g/mol. The van der Waals surface area contributed by atoms with E-state index in [1.54, 1.807) is 18.1 Å². The number of H-pyrrole nitrogens is 1. The van der Waals surface area contributed by atoms with Crippen LogP contribution in [0.4, 0.5) is 0 Å². The first-order chi connectivity index (χ1) is 12.3. The monoisotopic (exact) mass is 354 g/mol. The number of nitrogens with zero attached hydrogens (tertiary/aromatic N) is 5.